The van der Waals surface area contributed by atoms with E-state index in [0.29, 0.717) is 18.7 Å². The predicted molar refractivity (Wildman–Crippen MR) is 77.4 cm³/mol. The topological polar surface area (TPSA) is 41.5 Å². The molecule has 1 saturated carbocycles. The van der Waals surface area contributed by atoms with Gasteiger partial charge in [0.2, 0.25) is 0 Å². The normalized spacial score (nSPS) is 25.0. The minimum atomic E-state index is -0.126. The van der Waals surface area contributed by atoms with Crippen LogP contribution < -0.4 is 10.1 Å². The van der Waals surface area contributed by atoms with Crippen LogP contribution in [0.3, 0.4) is 0 Å². The van der Waals surface area contributed by atoms with Crippen molar-refractivity contribution in [2.24, 2.45) is 0 Å². The Bertz CT molecular complexity index is 377. The van der Waals surface area contributed by atoms with Gasteiger partial charge < -0.3 is 15.2 Å². The first-order chi connectivity index (χ1) is 9.19. The highest BCUT2D eigenvalue weighted by molar-refractivity contribution is 5.29. The van der Waals surface area contributed by atoms with Crippen molar-refractivity contribution in [1.29, 1.82) is 0 Å². The van der Waals surface area contributed by atoms with Gasteiger partial charge in [-0.3, -0.25) is 0 Å². The largest absolute Gasteiger partial charge is 0.494 e. The van der Waals surface area contributed by atoms with Gasteiger partial charge in [-0.05, 0) is 57.2 Å². The van der Waals surface area contributed by atoms with Crippen LogP contribution in [0.5, 0.6) is 5.75 Å². The van der Waals surface area contributed by atoms with Gasteiger partial charge in [0.25, 0.3) is 0 Å². The summed E-state index contributed by atoms with van der Waals surface area (Å²) < 4.78 is 5.45. The van der Waals surface area contributed by atoms with Gasteiger partial charge in [-0.2, -0.15) is 0 Å². The first-order valence-electron chi connectivity index (χ1n) is 7.36. The number of aliphatic hydroxyl groups is 1. The van der Waals surface area contributed by atoms with E-state index in [1.807, 2.05) is 19.1 Å². The summed E-state index contributed by atoms with van der Waals surface area (Å²) in [5, 5.41) is 13.3. The van der Waals surface area contributed by atoms with E-state index in [1.54, 1.807) is 0 Å². The van der Waals surface area contributed by atoms with E-state index in [4.69, 9.17) is 4.74 Å². The number of aliphatic hydroxyl groups excluding tert-OH is 1. The Morgan fingerprint density at radius 1 is 1.32 bits per heavy atom. The summed E-state index contributed by atoms with van der Waals surface area (Å²) in [5.74, 6) is 0.923. The van der Waals surface area contributed by atoms with Crippen molar-refractivity contribution in [3.8, 4) is 5.75 Å². The molecule has 19 heavy (non-hydrogen) atoms. The van der Waals surface area contributed by atoms with Crippen LogP contribution in [0.25, 0.3) is 0 Å². The predicted octanol–water partition coefficient (Wildman–Crippen LogP) is 3.04. The van der Waals surface area contributed by atoms with Gasteiger partial charge >= 0.3 is 0 Å². The molecule has 3 unspecified atom stereocenters. The Balaban J connectivity index is 1.89. The highest BCUT2D eigenvalue weighted by Crippen LogP contribution is 2.23. The van der Waals surface area contributed by atoms with E-state index in [0.717, 1.165) is 25.0 Å². The summed E-state index contributed by atoms with van der Waals surface area (Å²) >= 11 is 0. The number of ether oxygens (including phenoxy) is 1. The van der Waals surface area contributed by atoms with Crippen LogP contribution >= 0.6 is 0 Å². The van der Waals surface area contributed by atoms with Crippen LogP contribution in [0.1, 0.15) is 51.1 Å². The average Bonchev–Trinajstić information content (AvgIpc) is 2.40. The van der Waals surface area contributed by atoms with E-state index < -0.39 is 0 Å². The Labute approximate surface area is 116 Å². The summed E-state index contributed by atoms with van der Waals surface area (Å²) in [6, 6.07) is 9.01. The molecular weight excluding hydrogens is 238 g/mol. The Kier molecular flexibility index (Phi) is 5.23. The molecule has 0 bridgehead atoms. The molecule has 1 aromatic carbocycles. The number of rotatable bonds is 5. The van der Waals surface area contributed by atoms with Gasteiger partial charge in [0.1, 0.15) is 5.75 Å². The fraction of sp³-hybridized carbons (Fsp3) is 0.625. The van der Waals surface area contributed by atoms with Gasteiger partial charge in [-0.15, -0.1) is 0 Å². The van der Waals surface area contributed by atoms with Crippen LogP contribution in [0.4, 0.5) is 0 Å². The fourth-order valence-corrected chi connectivity index (χ4v) is 2.78. The Morgan fingerprint density at radius 2 is 2.05 bits per heavy atom. The first kappa shape index (κ1) is 14.4. The zero-order valence-electron chi connectivity index (χ0n) is 11.9. The molecule has 0 saturated heterocycles. The number of benzene rings is 1. The molecule has 1 aromatic rings. The standard InChI is InChI=1S/C16H25NO2/c1-3-19-16-9-7-13(8-10-16)12(2)17-14-5-4-6-15(18)11-14/h7-10,12,14-15,17-18H,3-6,11H2,1-2H3. The third-order valence-corrected chi connectivity index (χ3v) is 3.82. The lowest BCUT2D eigenvalue weighted by Crippen LogP contribution is -2.37. The van der Waals surface area contributed by atoms with Gasteiger partial charge in [-0.25, -0.2) is 0 Å². The van der Waals surface area contributed by atoms with Gasteiger partial charge in [-0.1, -0.05) is 12.1 Å². The number of hydrogen-bond acceptors (Lipinski definition) is 3. The van der Waals surface area contributed by atoms with Crippen LogP contribution in [-0.4, -0.2) is 23.9 Å². The lowest BCUT2D eigenvalue weighted by atomic mass is 9.92. The minimum Gasteiger partial charge on any atom is -0.494 e. The highest BCUT2D eigenvalue weighted by Gasteiger charge is 2.21. The van der Waals surface area contributed by atoms with Crippen molar-refractivity contribution in [1.82, 2.24) is 5.32 Å². The maximum atomic E-state index is 9.70. The lowest BCUT2D eigenvalue weighted by molar-refractivity contribution is 0.109. The molecule has 3 heteroatoms. The summed E-state index contributed by atoms with van der Waals surface area (Å²) in [7, 11) is 0. The molecule has 0 spiro atoms. The SMILES string of the molecule is CCOc1ccc(C(C)NC2CCCC(O)C2)cc1. The molecule has 0 heterocycles. The molecule has 0 radical (unpaired) electrons. The lowest BCUT2D eigenvalue weighted by Gasteiger charge is -2.29. The highest BCUT2D eigenvalue weighted by atomic mass is 16.5. The smallest absolute Gasteiger partial charge is 0.119 e. The fourth-order valence-electron chi connectivity index (χ4n) is 2.78. The molecule has 0 aliphatic heterocycles. The zero-order valence-corrected chi connectivity index (χ0v) is 11.9. The van der Waals surface area contributed by atoms with Crippen LogP contribution in [0.2, 0.25) is 0 Å². The summed E-state index contributed by atoms with van der Waals surface area (Å²) in [5.41, 5.74) is 1.27. The van der Waals surface area contributed by atoms with E-state index in [1.165, 1.54) is 12.0 Å². The third kappa shape index (κ3) is 4.22. The van der Waals surface area contributed by atoms with Crippen molar-refractivity contribution in [3.05, 3.63) is 29.8 Å². The molecule has 1 aliphatic rings. The molecule has 2 N–H and O–H groups in total. The molecule has 2 rings (SSSR count). The molecule has 1 aliphatic carbocycles. The van der Waals surface area contributed by atoms with Crippen LogP contribution in [0, 0.1) is 0 Å². The quantitative estimate of drug-likeness (QED) is 0.858. The van der Waals surface area contributed by atoms with Crippen LogP contribution in [0.15, 0.2) is 24.3 Å². The second-order valence-electron chi connectivity index (χ2n) is 5.41. The number of nitrogens with one attached hydrogen (secondary N) is 1. The summed E-state index contributed by atoms with van der Waals surface area (Å²) in [4.78, 5) is 0. The minimum absolute atomic E-state index is 0.126. The van der Waals surface area contributed by atoms with E-state index in [9.17, 15) is 5.11 Å². The summed E-state index contributed by atoms with van der Waals surface area (Å²) in [6.07, 6.45) is 3.99. The van der Waals surface area contributed by atoms with Crippen molar-refractivity contribution >= 4 is 0 Å². The maximum absolute atomic E-state index is 9.70. The van der Waals surface area contributed by atoms with Crippen molar-refractivity contribution in [3.63, 3.8) is 0 Å². The maximum Gasteiger partial charge on any atom is 0.119 e. The zero-order chi connectivity index (χ0) is 13.7. The van der Waals surface area contributed by atoms with E-state index >= 15 is 0 Å². The molecule has 0 amide bonds. The van der Waals surface area contributed by atoms with Gasteiger partial charge in [0.15, 0.2) is 0 Å². The second kappa shape index (κ2) is 6.92. The van der Waals surface area contributed by atoms with Crippen molar-refractivity contribution in [2.45, 2.75) is 57.7 Å². The number of hydrogen-bond donors (Lipinski definition) is 2. The molecular formula is C16H25NO2. The second-order valence-corrected chi connectivity index (χ2v) is 5.41. The Hall–Kier alpha value is -1.06. The Morgan fingerprint density at radius 3 is 2.68 bits per heavy atom. The molecule has 3 atom stereocenters. The average molecular weight is 263 g/mol. The van der Waals surface area contributed by atoms with Crippen molar-refractivity contribution in [2.75, 3.05) is 6.61 Å². The van der Waals surface area contributed by atoms with E-state index in [2.05, 4.69) is 24.4 Å². The molecule has 106 valence electrons. The van der Waals surface area contributed by atoms with Crippen LogP contribution in [-0.2, 0) is 0 Å². The molecule has 1 fully saturated rings. The monoisotopic (exact) mass is 263 g/mol. The molecule has 3 nitrogen and oxygen atoms in total. The third-order valence-electron chi connectivity index (χ3n) is 3.82. The first-order valence-corrected chi connectivity index (χ1v) is 7.36. The van der Waals surface area contributed by atoms with Crippen molar-refractivity contribution < 1.29 is 9.84 Å². The van der Waals surface area contributed by atoms with Gasteiger partial charge in [0, 0.05) is 12.1 Å². The van der Waals surface area contributed by atoms with E-state index in [-0.39, 0.29) is 6.10 Å². The molecule has 0 aromatic heterocycles. The van der Waals surface area contributed by atoms with Gasteiger partial charge in [0.05, 0.1) is 12.7 Å². The summed E-state index contributed by atoms with van der Waals surface area (Å²) in [6.45, 7) is 4.87.